The Bertz CT molecular complexity index is 1060. The number of methoxy groups -OCH3 is 2. The van der Waals surface area contributed by atoms with E-state index >= 15 is 0 Å². The second kappa shape index (κ2) is 11.9. The van der Waals surface area contributed by atoms with E-state index in [9.17, 15) is 4.79 Å². The normalized spacial score (nSPS) is 10.6. The van der Waals surface area contributed by atoms with Crippen molar-refractivity contribution in [1.29, 1.82) is 0 Å². The molecular formula is C22H24Cl2N4O3S. The summed E-state index contributed by atoms with van der Waals surface area (Å²) in [6.45, 7) is 1.69. The summed E-state index contributed by atoms with van der Waals surface area (Å²) >= 11 is 13.3. The number of amides is 2. The van der Waals surface area contributed by atoms with Crippen molar-refractivity contribution >= 4 is 45.7 Å². The molecule has 3 N–H and O–H groups in total. The number of hydrogen-bond acceptors (Lipinski definition) is 6. The molecule has 3 aromatic rings. The number of halogens is 2. The number of carbonyl (C=O) groups excluding carboxylic acids is 1. The Labute approximate surface area is 201 Å². The molecule has 3 rings (SSSR count). The molecule has 2 amide bonds. The van der Waals surface area contributed by atoms with E-state index in [0.717, 1.165) is 41.3 Å². The van der Waals surface area contributed by atoms with E-state index < -0.39 is 0 Å². The van der Waals surface area contributed by atoms with Gasteiger partial charge < -0.3 is 20.1 Å². The molecule has 1 aromatic heterocycles. The molecule has 0 aliphatic heterocycles. The molecule has 0 spiro atoms. The lowest BCUT2D eigenvalue weighted by molar-refractivity contribution is 0.251. The van der Waals surface area contributed by atoms with Gasteiger partial charge in [0.15, 0.2) is 5.13 Å². The predicted molar refractivity (Wildman–Crippen MR) is 129 cm³/mol. The Kier molecular flexibility index (Phi) is 8.99. The van der Waals surface area contributed by atoms with Gasteiger partial charge in [0.25, 0.3) is 0 Å². The van der Waals surface area contributed by atoms with Gasteiger partial charge in [-0.3, -0.25) is 5.32 Å². The lowest BCUT2D eigenvalue weighted by Gasteiger charge is -2.10. The average molecular weight is 495 g/mol. The highest BCUT2D eigenvalue weighted by atomic mass is 35.5. The number of carbonyl (C=O) groups is 1. The fraction of sp³-hybridized carbons (Fsp3) is 0.273. The van der Waals surface area contributed by atoms with Crippen LogP contribution in [-0.2, 0) is 19.5 Å². The SMILES string of the molecule is COc1ccc(CCNCc2csc(NC(=O)NCc3ccc(Cl)c(Cl)c3)n2)c(OC)c1. The van der Waals surface area contributed by atoms with Gasteiger partial charge in [0.2, 0.25) is 0 Å². The van der Waals surface area contributed by atoms with Gasteiger partial charge in [-0.05, 0) is 42.3 Å². The number of anilines is 1. The predicted octanol–water partition coefficient (Wildman–Crippen LogP) is 5.12. The molecule has 0 unspecified atom stereocenters. The van der Waals surface area contributed by atoms with Crippen LogP contribution in [0.1, 0.15) is 16.8 Å². The topological polar surface area (TPSA) is 84.5 Å². The van der Waals surface area contributed by atoms with E-state index in [1.165, 1.54) is 11.3 Å². The third-order valence-electron chi connectivity index (χ3n) is 4.58. The molecule has 0 fully saturated rings. The highest BCUT2D eigenvalue weighted by Crippen LogP contribution is 2.25. The zero-order valence-electron chi connectivity index (χ0n) is 17.7. The molecule has 2 aromatic carbocycles. The molecule has 0 atom stereocenters. The van der Waals surface area contributed by atoms with Crippen LogP contribution in [0.4, 0.5) is 9.93 Å². The summed E-state index contributed by atoms with van der Waals surface area (Å²) in [4.78, 5) is 16.6. The number of hydrogen-bond donors (Lipinski definition) is 3. The van der Waals surface area contributed by atoms with Crippen LogP contribution in [0.5, 0.6) is 11.5 Å². The van der Waals surface area contributed by atoms with Crippen molar-refractivity contribution in [2.24, 2.45) is 0 Å². The van der Waals surface area contributed by atoms with E-state index in [1.807, 2.05) is 29.6 Å². The fourth-order valence-corrected chi connectivity index (χ4v) is 3.94. The summed E-state index contributed by atoms with van der Waals surface area (Å²) < 4.78 is 10.6. The molecule has 0 saturated carbocycles. The zero-order valence-corrected chi connectivity index (χ0v) is 20.0. The summed E-state index contributed by atoms with van der Waals surface area (Å²) in [5.74, 6) is 1.57. The van der Waals surface area contributed by atoms with Crippen LogP contribution < -0.4 is 25.4 Å². The summed E-state index contributed by atoms with van der Waals surface area (Å²) in [5.41, 5.74) is 2.81. The quantitative estimate of drug-likeness (QED) is 0.340. The van der Waals surface area contributed by atoms with Crippen molar-refractivity contribution in [3.8, 4) is 11.5 Å². The largest absolute Gasteiger partial charge is 0.497 e. The Morgan fingerprint density at radius 3 is 2.66 bits per heavy atom. The smallest absolute Gasteiger partial charge is 0.321 e. The number of rotatable bonds is 10. The molecule has 7 nitrogen and oxygen atoms in total. The van der Waals surface area contributed by atoms with E-state index in [2.05, 4.69) is 20.9 Å². The van der Waals surface area contributed by atoms with Crippen molar-refractivity contribution < 1.29 is 14.3 Å². The van der Waals surface area contributed by atoms with E-state index in [4.69, 9.17) is 32.7 Å². The maximum atomic E-state index is 12.1. The molecule has 10 heteroatoms. The first kappa shape index (κ1) is 24.1. The Balaban J connectivity index is 1.41. The van der Waals surface area contributed by atoms with Crippen molar-refractivity contribution in [3.63, 3.8) is 0 Å². The number of aromatic nitrogens is 1. The highest BCUT2D eigenvalue weighted by Gasteiger charge is 2.08. The summed E-state index contributed by atoms with van der Waals surface area (Å²) in [6, 6.07) is 10.7. The second-order valence-corrected chi connectivity index (χ2v) is 8.48. The van der Waals surface area contributed by atoms with Crippen LogP contribution in [-0.4, -0.2) is 31.8 Å². The van der Waals surface area contributed by atoms with Crippen LogP contribution >= 0.6 is 34.5 Å². The third kappa shape index (κ3) is 7.00. The first-order chi connectivity index (χ1) is 15.5. The van der Waals surface area contributed by atoms with Crippen molar-refractivity contribution in [2.45, 2.75) is 19.5 Å². The van der Waals surface area contributed by atoms with Gasteiger partial charge >= 0.3 is 6.03 Å². The lowest BCUT2D eigenvalue weighted by Crippen LogP contribution is -2.28. The minimum Gasteiger partial charge on any atom is -0.497 e. The van der Waals surface area contributed by atoms with Gasteiger partial charge in [0.1, 0.15) is 11.5 Å². The fourth-order valence-electron chi connectivity index (χ4n) is 2.92. The number of nitrogens with one attached hydrogen (secondary N) is 3. The van der Waals surface area contributed by atoms with Crippen LogP contribution in [0, 0.1) is 0 Å². The zero-order chi connectivity index (χ0) is 22.9. The lowest BCUT2D eigenvalue weighted by atomic mass is 10.1. The van der Waals surface area contributed by atoms with Gasteiger partial charge in [0.05, 0.1) is 30.0 Å². The van der Waals surface area contributed by atoms with Crippen LogP contribution in [0.2, 0.25) is 10.0 Å². The minimum absolute atomic E-state index is 0.331. The average Bonchev–Trinajstić information content (AvgIpc) is 3.24. The number of benzene rings is 2. The van der Waals surface area contributed by atoms with Crippen LogP contribution in [0.15, 0.2) is 41.8 Å². The molecule has 0 radical (unpaired) electrons. The Morgan fingerprint density at radius 1 is 1.06 bits per heavy atom. The van der Waals surface area contributed by atoms with E-state index in [1.54, 1.807) is 26.4 Å². The maximum absolute atomic E-state index is 12.1. The Morgan fingerprint density at radius 2 is 1.91 bits per heavy atom. The maximum Gasteiger partial charge on any atom is 0.321 e. The van der Waals surface area contributed by atoms with Gasteiger partial charge in [-0.2, -0.15) is 0 Å². The van der Waals surface area contributed by atoms with Crippen LogP contribution in [0.3, 0.4) is 0 Å². The summed E-state index contributed by atoms with van der Waals surface area (Å²) in [6.07, 6.45) is 0.805. The number of ether oxygens (including phenoxy) is 2. The first-order valence-corrected chi connectivity index (χ1v) is 11.5. The van der Waals surface area contributed by atoms with E-state index in [0.29, 0.717) is 28.3 Å². The minimum atomic E-state index is -0.337. The summed E-state index contributed by atoms with van der Waals surface area (Å²) in [5, 5.41) is 12.2. The monoisotopic (exact) mass is 494 g/mol. The van der Waals surface area contributed by atoms with E-state index in [-0.39, 0.29) is 6.03 Å². The molecule has 170 valence electrons. The summed E-state index contributed by atoms with van der Waals surface area (Å²) in [7, 11) is 3.28. The molecule has 1 heterocycles. The number of urea groups is 1. The van der Waals surface area contributed by atoms with Gasteiger partial charge in [0, 0.05) is 24.5 Å². The standard InChI is InChI=1S/C22H24Cl2N4O3S/c1-30-17-5-4-15(20(10-17)31-2)7-8-25-12-16-13-32-22(27-16)28-21(29)26-11-14-3-6-18(23)19(24)9-14/h3-6,9-10,13,25H,7-8,11-12H2,1-2H3,(H2,26,27,28,29). The van der Waals surface area contributed by atoms with Gasteiger partial charge in [-0.15, -0.1) is 11.3 Å². The van der Waals surface area contributed by atoms with Crippen LogP contribution in [0.25, 0.3) is 0 Å². The molecule has 0 bridgehead atoms. The third-order valence-corrected chi connectivity index (χ3v) is 6.13. The van der Waals surface area contributed by atoms with Gasteiger partial charge in [-0.1, -0.05) is 35.3 Å². The first-order valence-electron chi connectivity index (χ1n) is 9.83. The second-order valence-electron chi connectivity index (χ2n) is 6.80. The van der Waals surface area contributed by atoms with Crippen molar-refractivity contribution in [3.05, 3.63) is 68.6 Å². The molecule has 0 saturated heterocycles. The number of nitrogens with zero attached hydrogens (tertiary/aromatic N) is 1. The highest BCUT2D eigenvalue weighted by molar-refractivity contribution is 7.13. The molecule has 0 aliphatic rings. The molecule has 32 heavy (non-hydrogen) atoms. The molecular weight excluding hydrogens is 471 g/mol. The molecule has 0 aliphatic carbocycles. The van der Waals surface area contributed by atoms with Gasteiger partial charge in [-0.25, -0.2) is 9.78 Å². The number of thiazole rings is 1. The van der Waals surface area contributed by atoms with Crippen molar-refractivity contribution in [1.82, 2.24) is 15.6 Å². The Hall–Kier alpha value is -2.52. The van der Waals surface area contributed by atoms with Crippen molar-refractivity contribution in [2.75, 3.05) is 26.1 Å².